The van der Waals surface area contributed by atoms with E-state index >= 15 is 0 Å². The predicted molar refractivity (Wildman–Crippen MR) is 357 cm³/mol. The highest BCUT2D eigenvalue weighted by atomic mass is 28.4. The second kappa shape index (κ2) is 20.7. The van der Waals surface area contributed by atoms with E-state index in [1.807, 2.05) is 0 Å². The molecule has 411 valence electrons. The number of hydrogen-bond acceptors (Lipinski definition) is 0. The fourth-order valence-corrected chi connectivity index (χ4v) is 58.3. The summed E-state index contributed by atoms with van der Waals surface area (Å²) in [5.41, 5.74) is 10.4. The van der Waals surface area contributed by atoms with Gasteiger partial charge in [-0.2, -0.15) is 0 Å². The van der Waals surface area contributed by atoms with Crippen molar-refractivity contribution in [3.05, 3.63) is 146 Å². The van der Waals surface area contributed by atoms with Crippen molar-refractivity contribution in [2.75, 3.05) is 0 Å². The highest BCUT2D eigenvalue weighted by molar-refractivity contribution is 6.97. The van der Waals surface area contributed by atoms with Gasteiger partial charge in [0.15, 0.2) is 0 Å². The summed E-state index contributed by atoms with van der Waals surface area (Å²) in [5.74, 6) is 0. The molecule has 0 bridgehead atoms. The van der Waals surface area contributed by atoms with Crippen molar-refractivity contribution < 1.29 is 0 Å². The first kappa shape index (κ1) is 63.6. The zero-order valence-electron chi connectivity index (χ0n) is 54.0. The smallest absolute Gasteiger partial charge is 0.247 e. The van der Waals surface area contributed by atoms with Crippen LogP contribution in [0.4, 0.5) is 0 Å². The predicted octanol–water partition coefficient (Wildman–Crippen LogP) is 19.3. The van der Waals surface area contributed by atoms with Gasteiger partial charge in [0.1, 0.15) is 0 Å². The Kier molecular flexibility index (Phi) is 17.5. The molecule has 1 radical (unpaired) electrons. The number of rotatable bonds is 13. The van der Waals surface area contributed by atoms with Crippen LogP contribution in [-0.4, -0.2) is 68.8 Å². The summed E-state index contributed by atoms with van der Waals surface area (Å²) in [5, 5.41) is 4.60. The van der Waals surface area contributed by atoms with Crippen LogP contribution < -0.4 is 5.19 Å². The van der Waals surface area contributed by atoms with Gasteiger partial charge in [0, 0.05) is 53.9 Å². The van der Waals surface area contributed by atoms with E-state index in [0.717, 1.165) is 6.42 Å². The molecule has 4 aromatic carbocycles. The molecule has 0 heterocycles. The van der Waals surface area contributed by atoms with Crippen LogP contribution in [0.1, 0.15) is 134 Å². The number of hydrogen-bond donors (Lipinski definition) is 0. The zero-order valence-corrected chi connectivity index (χ0v) is 61.0. The van der Waals surface area contributed by atoms with Crippen molar-refractivity contribution in [1.82, 2.24) is 0 Å². The first-order valence-corrected chi connectivity index (χ1v) is 51.5. The standard InChI is InChI=1S/C67H110NSi7/c1-47-44-48(2)56(49(3)45-47)69-61-66(63(7,8)9,54-42-36-33-39-51(54)58(72(20,21)22)73(23,24)25)46-65(62(4,5)6,53-41-35-32-38-50(53)57(70(14,15)16)71(17,18)19)60(68-13)67(61,64(10,11)12)55-43-37-34-40-52(55)59(74(26,27)28)75(29,30)31/h32-45,57-60H,46H2,1-12,14-31H3. The summed E-state index contributed by atoms with van der Waals surface area (Å²) < 4.78 is 0. The van der Waals surface area contributed by atoms with Gasteiger partial charge in [0.2, 0.25) is 6.04 Å². The van der Waals surface area contributed by atoms with E-state index in [1.165, 1.54) is 33.0 Å². The van der Waals surface area contributed by atoms with E-state index in [0.29, 0.717) is 24.6 Å². The molecule has 0 saturated heterocycles. The van der Waals surface area contributed by atoms with Gasteiger partial charge in [-0.1, -0.05) is 276 Å². The molecule has 0 amide bonds. The molecule has 4 unspecified atom stereocenters. The van der Waals surface area contributed by atoms with Crippen molar-refractivity contribution >= 4 is 67.9 Å². The number of aryl methyl sites for hydroxylation is 3. The maximum Gasteiger partial charge on any atom is 0.247 e. The van der Waals surface area contributed by atoms with Gasteiger partial charge in [0.05, 0.1) is 20.0 Å². The minimum atomic E-state index is -1.91. The lowest BCUT2D eigenvalue weighted by atomic mass is 9.34. The molecular weight excluding hydrogens is 1020 g/mol. The molecule has 4 atom stereocenters. The average molecular weight is 1130 g/mol. The quantitative estimate of drug-likeness (QED) is 0.0928. The summed E-state index contributed by atoms with van der Waals surface area (Å²) in [6.45, 7) is 89.0. The highest BCUT2D eigenvalue weighted by Crippen LogP contribution is 2.71. The minimum Gasteiger partial charge on any atom is -0.311 e. The Labute approximate surface area is 472 Å². The number of benzene rings is 4. The molecule has 5 rings (SSSR count). The monoisotopic (exact) mass is 1120 g/mol. The fourth-order valence-electron chi connectivity index (χ4n) is 17.5. The highest BCUT2D eigenvalue weighted by Gasteiger charge is 2.77. The summed E-state index contributed by atoms with van der Waals surface area (Å²) in [6, 6.07) is 34.6. The Morgan fingerprint density at radius 3 is 1.11 bits per heavy atom. The Hall–Kier alpha value is -2.24. The van der Waals surface area contributed by atoms with Crippen molar-refractivity contribution in [3.63, 3.8) is 0 Å². The molecule has 0 aromatic heterocycles. The average Bonchev–Trinajstić information content (AvgIpc) is 3.18. The summed E-state index contributed by atoms with van der Waals surface area (Å²) >= 11 is 0. The summed E-state index contributed by atoms with van der Waals surface area (Å²) in [4.78, 5) is 5.61. The van der Waals surface area contributed by atoms with Gasteiger partial charge in [-0.15, -0.1) is 0 Å². The zero-order chi connectivity index (χ0) is 57.7. The van der Waals surface area contributed by atoms with Gasteiger partial charge < -0.3 is 4.85 Å². The van der Waals surface area contributed by atoms with Crippen molar-refractivity contribution in [3.8, 4) is 0 Å². The Morgan fingerprint density at radius 2 is 0.787 bits per heavy atom. The molecule has 0 aliphatic heterocycles. The van der Waals surface area contributed by atoms with Crippen LogP contribution >= 0.6 is 0 Å². The van der Waals surface area contributed by atoms with E-state index < -0.39 is 76.1 Å². The molecule has 8 heteroatoms. The van der Waals surface area contributed by atoms with Crippen LogP contribution in [0.3, 0.4) is 0 Å². The first-order chi connectivity index (χ1) is 33.6. The second-order valence-corrected chi connectivity index (χ2v) is 68.5. The molecule has 1 saturated carbocycles. The van der Waals surface area contributed by atoms with Gasteiger partial charge in [-0.25, -0.2) is 6.57 Å². The molecule has 1 aliphatic rings. The molecule has 4 aromatic rings. The van der Waals surface area contributed by atoms with Crippen LogP contribution in [0.15, 0.2) is 84.9 Å². The molecule has 1 aliphatic carbocycles. The third-order valence-corrected chi connectivity index (χ3v) is 48.4. The van der Waals surface area contributed by atoms with Crippen LogP contribution in [0, 0.1) is 43.6 Å². The van der Waals surface area contributed by atoms with E-state index in [-0.39, 0.29) is 10.8 Å². The summed E-state index contributed by atoms with van der Waals surface area (Å²) in [7, 11) is -10.9. The van der Waals surface area contributed by atoms with E-state index in [2.05, 4.69) is 286 Å². The SMILES string of the molecule is [C-]#[N+]C1C(c2ccccc2C([Si](C)(C)C)[Si](C)(C)C)(C(C)(C)C)CC(c2ccccc2C([Si](C)(C)C)[Si](C)(C)C)(C(C)(C)C)C(=[Si]c2c(C)cc(C)cc2C)C1(c1ccccc1C([Si](C)(C)C)[Si](C)(C)C)C(C)(C)C. The molecule has 1 nitrogen and oxygen atoms in total. The van der Waals surface area contributed by atoms with Gasteiger partial charge in [-0.05, 0) is 109 Å². The third-order valence-electron chi connectivity index (χ3n) is 18.5. The third kappa shape index (κ3) is 11.3. The summed E-state index contributed by atoms with van der Waals surface area (Å²) in [6.07, 6.45) is 0.875. The van der Waals surface area contributed by atoms with Crippen LogP contribution in [0.5, 0.6) is 0 Å². The normalized spacial score (nSPS) is 22.6. The van der Waals surface area contributed by atoms with E-state index in [1.54, 1.807) is 27.4 Å². The van der Waals surface area contributed by atoms with Crippen LogP contribution in [0.2, 0.25) is 118 Å². The fraction of sp³-hybridized carbons (Fsp3) is 0.612. The lowest BCUT2D eigenvalue weighted by Gasteiger charge is -2.69. The number of nitrogens with zero attached hydrogens (tertiary/aromatic N) is 1. The lowest BCUT2D eigenvalue weighted by molar-refractivity contribution is 0.0212. The van der Waals surface area contributed by atoms with Crippen LogP contribution in [-0.2, 0) is 16.2 Å². The van der Waals surface area contributed by atoms with Crippen molar-refractivity contribution in [2.24, 2.45) is 16.2 Å². The Bertz CT molecular complexity index is 2720. The molecule has 1 fully saturated rings. The minimum absolute atomic E-state index is 0.292. The largest absolute Gasteiger partial charge is 0.311 e. The van der Waals surface area contributed by atoms with Crippen LogP contribution in [0.25, 0.3) is 4.85 Å². The van der Waals surface area contributed by atoms with Gasteiger partial charge in [0.25, 0.3) is 0 Å². The van der Waals surface area contributed by atoms with E-state index in [9.17, 15) is 6.57 Å². The Balaban J connectivity index is 2.46. The maximum absolute atomic E-state index is 10.6. The van der Waals surface area contributed by atoms with Crippen molar-refractivity contribution in [2.45, 2.75) is 245 Å². The molecule has 0 N–H and O–H groups in total. The molecular formula is C67H110NSi7. The van der Waals surface area contributed by atoms with E-state index in [4.69, 9.17) is 4.85 Å². The van der Waals surface area contributed by atoms with Gasteiger partial charge >= 0.3 is 0 Å². The second-order valence-electron chi connectivity index (χ2n) is 33.7. The van der Waals surface area contributed by atoms with Crippen molar-refractivity contribution in [1.29, 1.82) is 0 Å². The maximum atomic E-state index is 10.6. The molecule has 0 spiro atoms. The Morgan fingerprint density at radius 1 is 0.467 bits per heavy atom. The lowest BCUT2D eigenvalue weighted by Crippen LogP contribution is -2.77. The molecule has 75 heavy (non-hydrogen) atoms. The first-order valence-electron chi connectivity index (χ1n) is 29.0. The van der Waals surface area contributed by atoms with Gasteiger partial charge in [-0.3, -0.25) is 0 Å². The topological polar surface area (TPSA) is 4.36 Å².